The predicted octanol–water partition coefficient (Wildman–Crippen LogP) is 2.83. The average molecular weight is 281 g/mol. The first kappa shape index (κ1) is 13.7. The van der Waals surface area contributed by atoms with Gasteiger partial charge in [0.25, 0.3) is 5.91 Å². The van der Waals surface area contributed by atoms with Crippen LogP contribution < -0.4 is 5.32 Å². The molecule has 1 unspecified atom stereocenters. The number of rotatable bonds is 2. The summed E-state index contributed by atoms with van der Waals surface area (Å²) in [5, 5.41) is 3.99. The summed E-state index contributed by atoms with van der Waals surface area (Å²) in [7, 11) is 0. The van der Waals surface area contributed by atoms with Crippen LogP contribution in [-0.2, 0) is 4.79 Å². The third kappa shape index (κ3) is 2.11. The predicted molar refractivity (Wildman–Crippen MR) is 84.4 cm³/mol. The maximum Gasteiger partial charge on any atom is 0.253 e. The van der Waals surface area contributed by atoms with Gasteiger partial charge in [-0.1, -0.05) is 32.0 Å². The van der Waals surface area contributed by atoms with E-state index in [1.807, 2.05) is 52.0 Å². The van der Waals surface area contributed by atoms with Crippen LogP contribution in [0.5, 0.6) is 0 Å². The van der Waals surface area contributed by atoms with E-state index in [1.54, 1.807) is 0 Å². The Morgan fingerprint density at radius 3 is 2.62 bits per heavy atom. The molecule has 0 saturated carbocycles. The molecule has 0 radical (unpaired) electrons. The number of nitrogens with zero attached hydrogens (tertiary/aromatic N) is 2. The minimum absolute atomic E-state index is 0.0538. The fourth-order valence-electron chi connectivity index (χ4n) is 2.51. The molecule has 2 heterocycles. The van der Waals surface area contributed by atoms with Gasteiger partial charge in [-0.05, 0) is 37.5 Å². The van der Waals surface area contributed by atoms with E-state index >= 15 is 0 Å². The Bertz CT molecular complexity index is 764. The van der Waals surface area contributed by atoms with Crippen LogP contribution in [0.25, 0.3) is 10.9 Å². The van der Waals surface area contributed by atoms with E-state index in [2.05, 4.69) is 21.4 Å². The molecule has 4 heteroatoms. The maximum absolute atomic E-state index is 12.2. The van der Waals surface area contributed by atoms with Gasteiger partial charge in [-0.2, -0.15) is 0 Å². The Balaban J connectivity index is 2.13. The number of pyridine rings is 1. The zero-order valence-corrected chi connectivity index (χ0v) is 12.8. The van der Waals surface area contributed by atoms with Crippen molar-refractivity contribution >= 4 is 22.6 Å². The maximum atomic E-state index is 12.2. The van der Waals surface area contributed by atoms with Crippen LogP contribution in [0.15, 0.2) is 35.3 Å². The van der Waals surface area contributed by atoms with Gasteiger partial charge in [0.05, 0.1) is 5.52 Å². The zero-order chi connectivity index (χ0) is 15.2. The summed E-state index contributed by atoms with van der Waals surface area (Å²) in [6.45, 7) is 7.88. The lowest BCUT2D eigenvalue weighted by Gasteiger charge is -2.21. The lowest BCUT2D eigenvalue weighted by atomic mass is 9.89. The van der Waals surface area contributed by atoms with Gasteiger partial charge in [0.2, 0.25) is 0 Å². The van der Waals surface area contributed by atoms with Crippen LogP contribution in [0.2, 0.25) is 0 Å². The van der Waals surface area contributed by atoms with Crippen molar-refractivity contribution in [2.45, 2.75) is 33.2 Å². The Morgan fingerprint density at radius 1 is 1.24 bits per heavy atom. The first-order valence-corrected chi connectivity index (χ1v) is 7.20. The summed E-state index contributed by atoms with van der Waals surface area (Å²) >= 11 is 0. The van der Waals surface area contributed by atoms with Crippen molar-refractivity contribution in [2.75, 3.05) is 0 Å². The van der Waals surface area contributed by atoms with Gasteiger partial charge >= 0.3 is 0 Å². The average Bonchev–Trinajstić information content (AvgIpc) is 2.75. The Morgan fingerprint density at radius 2 is 1.95 bits per heavy atom. The van der Waals surface area contributed by atoms with Gasteiger partial charge in [-0.15, -0.1) is 0 Å². The van der Waals surface area contributed by atoms with E-state index < -0.39 is 5.54 Å². The smallest absolute Gasteiger partial charge is 0.253 e. The molecule has 3 rings (SSSR count). The number of aromatic nitrogens is 1. The third-order valence-electron chi connectivity index (χ3n) is 4.30. The number of nitrogens with one attached hydrogen (secondary N) is 1. The van der Waals surface area contributed by atoms with E-state index in [4.69, 9.17) is 0 Å². The molecule has 0 aliphatic carbocycles. The SMILES string of the molecule is Cc1cc2ccccc2nc1C1=NC(C)(C(C)C)C(=O)N1. The van der Waals surface area contributed by atoms with Crippen LogP contribution in [0.4, 0.5) is 0 Å². The van der Waals surface area contributed by atoms with Crippen LogP contribution in [-0.4, -0.2) is 22.3 Å². The monoisotopic (exact) mass is 281 g/mol. The molecule has 0 bridgehead atoms. The number of hydrogen-bond donors (Lipinski definition) is 1. The quantitative estimate of drug-likeness (QED) is 0.920. The van der Waals surface area contributed by atoms with Crippen LogP contribution in [0, 0.1) is 12.8 Å². The van der Waals surface area contributed by atoms with Crippen molar-refractivity contribution in [3.8, 4) is 0 Å². The third-order valence-corrected chi connectivity index (χ3v) is 4.30. The van der Waals surface area contributed by atoms with Gasteiger partial charge in [0.1, 0.15) is 11.2 Å². The van der Waals surface area contributed by atoms with E-state index in [9.17, 15) is 4.79 Å². The fraction of sp³-hybridized carbons (Fsp3) is 0.353. The molecular formula is C17H19N3O. The number of aliphatic imine (C=N–C) groups is 1. The molecule has 0 fully saturated rings. The van der Waals surface area contributed by atoms with Crippen LogP contribution in [0.3, 0.4) is 0 Å². The molecule has 21 heavy (non-hydrogen) atoms. The normalized spacial score (nSPS) is 21.8. The number of para-hydroxylation sites is 1. The summed E-state index contributed by atoms with van der Waals surface area (Å²) in [6.07, 6.45) is 0. The lowest BCUT2D eigenvalue weighted by Crippen LogP contribution is -2.41. The highest BCUT2D eigenvalue weighted by atomic mass is 16.2. The topological polar surface area (TPSA) is 54.4 Å². The number of hydrogen-bond acceptors (Lipinski definition) is 3. The molecule has 0 saturated heterocycles. The van der Waals surface area contributed by atoms with Crippen molar-refractivity contribution in [1.82, 2.24) is 10.3 Å². The van der Waals surface area contributed by atoms with Crippen molar-refractivity contribution in [3.63, 3.8) is 0 Å². The summed E-state index contributed by atoms with van der Waals surface area (Å²) in [5.41, 5.74) is 1.97. The minimum Gasteiger partial charge on any atom is -0.307 e. The van der Waals surface area contributed by atoms with E-state index in [0.717, 1.165) is 22.2 Å². The van der Waals surface area contributed by atoms with Crippen LogP contribution >= 0.6 is 0 Å². The van der Waals surface area contributed by atoms with Crippen molar-refractivity contribution in [2.24, 2.45) is 10.9 Å². The highest BCUT2D eigenvalue weighted by molar-refractivity contribution is 6.15. The number of aryl methyl sites for hydroxylation is 1. The molecular weight excluding hydrogens is 262 g/mol. The molecule has 0 spiro atoms. The second kappa shape index (κ2) is 4.65. The first-order valence-electron chi connectivity index (χ1n) is 7.20. The Labute approximate surface area is 124 Å². The van der Waals surface area contributed by atoms with Crippen LogP contribution in [0.1, 0.15) is 32.0 Å². The molecule has 1 amide bonds. The number of benzene rings is 1. The number of carbonyl (C=O) groups is 1. The highest BCUT2D eigenvalue weighted by Gasteiger charge is 2.42. The second-order valence-corrected chi connectivity index (χ2v) is 6.06. The van der Waals surface area contributed by atoms with Gasteiger partial charge in [0, 0.05) is 5.39 Å². The van der Waals surface area contributed by atoms with Gasteiger partial charge in [-0.25, -0.2) is 9.98 Å². The second-order valence-electron chi connectivity index (χ2n) is 6.06. The van der Waals surface area contributed by atoms with Crippen molar-refractivity contribution in [1.29, 1.82) is 0 Å². The van der Waals surface area contributed by atoms with E-state index in [0.29, 0.717) is 5.84 Å². The molecule has 1 atom stereocenters. The molecule has 1 aliphatic rings. The molecule has 1 N–H and O–H groups in total. The van der Waals surface area contributed by atoms with Crippen molar-refractivity contribution < 1.29 is 4.79 Å². The number of amidine groups is 1. The van der Waals surface area contributed by atoms with Gasteiger partial charge in [-0.3, -0.25) is 4.79 Å². The first-order chi connectivity index (χ1) is 9.91. The number of carbonyl (C=O) groups excluding carboxylic acids is 1. The fourth-order valence-corrected chi connectivity index (χ4v) is 2.51. The molecule has 1 aromatic heterocycles. The summed E-state index contributed by atoms with van der Waals surface area (Å²) in [6, 6.07) is 10.0. The summed E-state index contributed by atoms with van der Waals surface area (Å²) < 4.78 is 0. The van der Waals surface area contributed by atoms with E-state index in [1.165, 1.54) is 0 Å². The molecule has 4 nitrogen and oxygen atoms in total. The number of amides is 1. The number of fused-ring (bicyclic) bond motifs is 1. The molecule has 108 valence electrons. The molecule has 1 aliphatic heterocycles. The highest BCUT2D eigenvalue weighted by Crippen LogP contribution is 2.27. The minimum atomic E-state index is -0.713. The molecule has 1 aromatic carbocycles. The summed E-state index contributed by atoms with van der Waals surface area (Å²) in [5.74, 6) is 0.664. The molecule has 2 aromatic rings. The van der Waals surface area contributed by atoms with Gasteiger partial charge in [0.15, 0.2) is 5.84 Å². The summed E-state index contributed by atoms with van der Waals surface area (Å²) in [4.78, 5) is 21.5. The van der Waals surface area contributed by atoms with E-state index in [-0.39, 0.29) is 11.8 Å². The lowest BCUT2D eigenvalue weighted by molar-refractivity contribution is -0.124. The Kier molecular flexibility index (Phi) is 3.04. The zero-order valence-electron chi connectivity index (χ0n) is 12.8. The Hall–Kier alpha value is -2.23. The largest absolute Gasteiger partial charge is 0.307 e. The van der Waals surface area contributed by atoms with Crippen molar-refractivity contribution in [3.05, 3.63) is 41.6 Å². The standard InChI is InChI=1S/C17H19N3O/c1-10(2)17(4)16(21)19-15(20-17)14-11(3)9-12-7-5-6-8-13(12)18-14/h5-10H,1-4H3,(H,19,20,21). The van der Waals surface area contributed by atoms with Gasteiger partial charge < -0.3 is 5.32 Å².